The molecule has 0 atom stereocenters. The topological polar surface area (TPSA) is 27.0 Å². The van der Waals surface area contributed by atoms with E-state index in [0.717, 1.165) is 17.6 Å². The van der Waals surface area contributed by atoms with Gasteiger partial charge in [0.2, 0.25) is 0 Å². The number of rotatable bonds is 3. The highest BCUT2D eigenvalue weighted by Crippen LogP contribution is 2.40. The maximum atomic E-state index is 8.75. The van der Waals surface area contributed by atoms with Crippen LogP contribution in [0, 0.1) is 11.3 Å². The molecule has 2 heteroatoms. The molecule has 0 amide bonds. The van der Waals surface area contributed by atoms with Crippen molar-refractivity contribution in [1.29, 1.82) is 5.26 Å². The summed E-state index contributed by atoms with van der Waals surface area (Å²) < 4.78 is 0. The Morgan fingerprint density at radius 1 is 1.00 bits per heavy atom. The number of nitriles is 1. The Labute approximate surface area is 90.1 Å². The molecule has 0 spiro atoms. The van der Waals surface area contributed by atoms with Crippen LogP contribution in [0.5, 0.6) is 0 Å². The van der Waals surface area contributed by atoms with Crippen LogP contribution >= 0.6 is 0 Å². The van der Waals surface area contributed by atoms with E-state index in [1.54, 1.807) is 0 Å². The second kappa shape index (κ2) is 3.27. The highest BCUT2D eigenvalue weighted by molar-refractivity contribution is 5.53. The standard InChI is InChI=1S/C13H14N2/c14-9-10-1-3-11(4-2-10)15(12-5-6-12)13-7-8-13/h1-4,12-13H,5-8H2. The molecule has 0 bridgehead atoms. The first kappa shape index (κ1) is 8.79. The molecule has 15 heavy (non-hydrogen) atoms. The van der Waals surface area contributed by atoms with Crippen LogP contribution in [-0.4, -0.2) is 12.1 Å². The third kappa shape index (κ3) is 1.70. The molecule has 0 radical (unpaired) electrons. The Bertz CT molecular complexity index is 382. The highest BCUT2D eigenvalue weighted by Gasteiger charge is 2.38. The van der Waals surface area contributed by atoms with Crippen molar-refractivity contribution in [3.63, 3.8) is 0 Å². The smallest absolute Gasteiger partial charge is 0.0991 e. The van der Waals surface area contributed by atoms with Gasteiger partial charge in [-0.15, -0.1) is 0 Å². The Morgan fingerprint density at radius 3 is 1.93 bits per heavy atom. The van der Waals surface area contributed by atoms with Crippen molar-refractivity contribution in [2.24, 2.45) is 0 Å². The molecule has 0 unspecified atom stereocenters. The van der Waals surface area contributed by atoms with Crippen molar-refractivity contribution < 1.29 is 0 Å². The molecule has 2 fully saturated rings. The van der Waals surface area contributed by atoms with E-state index in [9.17, 15) is 0 Å². The number of hydrogen-bond acceptors (Lipinski definition) is 2. The predicted molar refractivity (Wildman–Crippen MR) is 59.7 cm³/mol. The fraction of sp³-hybridized carbons (Fsp3) is 0.462. The monoisotopic (exact) mass is 198 g/mol. The zero-order valence-electron chi connectivity index (χ0n) is 8.69. The molecular formula is C13H14N2. The normalized spacial score (nSPS) is 19.7. The van der Waals surface area contributed by atoms with Crippen LogP contribution in [-0.2, 0) is 0 Å². The molecule has 2 aliphatic carbocycles. The summed E-state index contributed by atoms with van der Waals surface area (Å²) in [6.45, 7) is 0. The minimum absolute atomic E-state index is 0.755. The Hall–Kier alpha value is -1.49. The minimum Gasteiger partial charge on any atom is -0.366 e. The molecule has 2 saturated carbocycles. The Morgan fingerprint density at radius 2 is 1.53 bits per heavy atom. The summed E-state index contributed by atoms with van der Waals surface area (Å²) in [6.07, 6.45) is 5.38. The van der Waals surface area contributed by atoms with Crippen LogP contribution in [0.15, 0.2) is 24.3 Å². The molecule has 0 N–H and O–H groups in total. The summed E-state index contributed by atoms with van der Waals surface area (Å²) in [7, 11) is 0. The quantitative estimate of drug-likeness (QED) is 0.746. The molecule has 2 aliphatic rings. The van der Waals surface area contributed by atoms with Gasteiger partial charge in [-0.05, 0) is 49.9 Å². The maximum absolute atomic E-state index is 8.75. The van der Waals surface area contributed by atoms with E-state index in [-0.39, 0.29) is 0 Å². The fourth-order valence-corrected chi connectivity index (χ4v) is 2.13. The first-order chi connectivity index (χ1) is 7.38. The summed E-state index contributed by atoms with van der Waals surface area (Å²) >= 11 is 0. The number of anilines is 1. The van der Waals surface area contributed by atoms with Crippen molar-refractivity contribution in [3.8, 4) is 6.07 Å². The van der Waals surface area contributed by atoms with E-state index < -0.39 is 0 Å². The summed E-state index contributed by atoms with van der Waals surface area (Å²) in [5.74, 6) is 0. The van der Waals surface area contributed by atoms with Gasteiger partial charge in [0.05, 0.1) is 11.6 Å². The average Bonchev–Trinajstić information content (AvgIpc) is 3.14. The molecule has 0 aromatic heterocycles. The molecule has 0 aliphatic heterocycles. The van der Waals surface area contributed by atoms with Gasteiger partial charge in [0.1, 0.15) is 0 Å². The van der Waals surface area contributed by atoms with Crippen LogP contribution in [0.3, 0.4) is 0 Å². The van der Waals surface area contributed by atoms with Crippen LogP contribution in [0.4, 0.5) is 5.69 Å². The largest absolute Gasteiger partial charge is 0.366 e. The lowest BCUT2D eigenvalue weighted by Gasteiger charge is -2.24. The van der Waals surface area contributed by atoms with E-state index in [1.165, 1.54) is 31.4 Å². The van der Waals surface area contributed by atoms with E-state index in [1.807, 2.05) is 12.1 Å². The SMILES string of the molecule is N#Cc1ccc(N(C2CC2)C2CC2)cc1. The first-order valence-corrected chi connectivity index (χ1v) is 5.67. The van der Waals surface area contributed by atoms with E-state index >= 15 is 0 Å². The van der Waals surface area contributed by atoms with Gasteiger partial charge < -0.3 is 4.90 Å². The lowest BCUT2D eigenvalue weighted by atomic mass is 10.2. The van der Waals surface area contributed by atoms with Gasteiger partial charge in [-0.25, -0.2) is 0 Å². The van der Waals surface area contributed by atoms with E-state index in [0.29, 0.717) is 0 Å². The minimum atomic E-state index is 0.755. The molecular weight excluding hydrogens is 184 g/mol. The fourth-order valence-electron chi connectivity index (χ4n) is 2.13. The maximum Gasteiger partial charge on any atom is 0.0991 e. The molecule has 76 valence electrons. The highest BCUT2D eigenvalue weighted by atomic mass is 15.2. The molecule has 2 nitrogen and oxygen atoms in total. The van der Waals surface area contributed by atoms with Gasteiger partial charge >= 0.3 is 0 Å². The lowest BCUT2D eigenvalue weighted by molar-refractivity contribution is 0.789. The Kier molecular flexibility index (Phi) is 1.92. The third-order valence-electron chi connectivity index (χ3n) is 3.18. The lowest BCUT2D eigenvalue weighted by Crippen LogP contribution is -2.27. The Balaban J connectivity index is 1.86. The number of benzene rings is 1. The summed E-state index contributed by atoms with van der Waals surface area (Å²) in [5, 5.41) is 8.75. The summed E-state index contributed by atoms with van der Waals surface area (Å²) in [6, 6.07) is 11.8. The van der Waals surface area contributed by atoms with Crippen LogP contribution in [0.2, 0.25) is 0 Å². The van der Waals surface area contributed by atoms with Crippen molar-refractivity contribution in [2.75, 3.05) is 4.90 Å². The van der Waals surface area contributed by atoms with Gasteiger partial charge in [-0.2, -0.15) is 5.26 Å². The molecule has 1 aromatic rings. The second-order valence-electron chi connectivity index (χ2n) is 4.53. The van der Waals surface area contributed by atoms with Crippen molar-refractivity contribution in [3.05, 3.63) is 29.8 Å². The van der Waals surface area contributed by atoms with Crippen molar-refractivity contribution >= 4 is 5.69 Å². The molecule has 0 saturated heterocycles. The van der Waals surface area contributed by atoms with Crippen molar-refractivity contribution in [1.82, 2.24) is 0 Å². The zero-order chi connectivity index (χ0) is 10.3. The average molecular weight is 198 g/mol. The van der Waals surface area contributed by atoms with Crippen LogP contribution in [0.1, 0.15) is 31.2 Å². The summed E-state index contributed by atoms with van der Waals surface area (Å²) in [5.41, 5.74) is 2.06. The van der Waals surface area contributed by atoms with Crippen molar-refractivity contribution in [2.45, 2.75) is 37.8 Å². The van der Waals surface area contributed by atoms with Gasteiger partial charge in [-0.1, -0.05) is 0 Å². The van der Waals surface area contributed by atoms with Gasteiger partial charge in [0, 0.05) is 17.8 Å². The van der Waals surface area contributed by atoms with Crippen LogP contribution in [0.25, 0.3) is 0 Å². The van der Waals surface area contributed by atoms with Gasteiger partial charge in [0.25, 0.3) is 0 Å². The zero-order valence-corrected chi connectivity index (χ0v) is 8.69. The number of nitrogens with zero attached hydrogens (tertiary/aromatic N) is 2. The summed E-state index contributed by atoms with van der Waals surface area (Å²) in [4.78, 5) is 2.56. The number of hydrogen-bond donors (Lipinski definition) is 0. The molecule has 0 heterocycles. The van der Waals surface area contributed by atoms with E-state index in [4.69, 9.17) is 5.26 Å². The van der Waals surface area contributed by atoms with Gasteiger partial charge in [0.15, 0.2) is 0 Å². The van der Waals surface area contributed by atoms with Crippen LogP contribution < -0.4 is 4.90 Å². The molecule has 1 aromatic carbocycles. The second-order valence-corrected chi connectivity index (χ2v) is 4.53. The predicted octanol–water partition coefficient (Wildman–Crippen LogP) is 2.69. The first-order valence-electron chi connectivity index (χ1n) is 5.67. The van der Waals surface area contributed by atoms with E-state index in [2.05, 4.69) is 23.1 Å². The van der Waals surface area contributed by atoms with Gasteiger partial charge in [-0.3, -0.25) is 0 Å². The third-order valence-corrected chi connectivity index (χ3v) is 3.18. The molecule has 3 rings (SSSR count).